The molecule has 0 atom stereocenters. The van der Waals surface area contributed by atoms with Crippen molar-refractivity contribution in [1.29, 1.82) is 5.26 Å². The number of alkyl halides is 3. The van der Waals surface area contributed by atoms with E-state index in [0.717, 1.165) is 22.5 Å². The summed E-state index contributed by atoms with van der Waals surface area (Å²) >= 11 is 0. The maximum Gasteiger partial charge on any atom is 0.435 e. The zero-order chi connectivity index (χ0) is 17.0. The third-order valence-electron chi connectivity index (χ3n) is 3.16. The van der Waals surface area contributed by atoms with Gasteiger partial charge in [-0.1, -0.05) is 12.1 Å². The van der Waals surface area contributed by atoms with Crippen LogP contribution >= 0.6 is 0 Å². The van der Waals surface area contributed by atoms with Crippen LogP contribution in [0.4, 0.5) is 13.2 Å². The van der Waals surface area contributed by atoms with E-state index in [2.05, 4.69) is 5.10 Å². The van der Waals surface area contributed by atoms with Crippen LogP contribution in [0.2, 0.25) is 0 Å². The Bertz CT molecular complexity index is 728. The van der Waals surface area contributed by atoms with Gasteiger partial charge in [0.15, 0.2) is 5.69 Å². The Kier molecular flexibility index (Phi) is 4.69. The SMILES string of the molecule is CN(Cc1ccc(C#N)cc1)C(=O)Cn1ccc(C(F)(F)F)n1. The topological polar surface area (TPSA) is 61.9 Å². The first-order valence-corrected chi connectivity index (χ1v) is 6.63. The Morgan fingerprint density at radius 1 is 1.30 bits per heavy atom. The molecule has 0 aliphatic heterocycles. The first kappa shape index (κ1) is 16.5. The molecule has 2 aromatic rings. The summed E-state index contributed by atoms with van der Waals surface area (Å²) in [5.41, 5.74) is 0.301. The molecule has 1 aromatic heterocycles. The van der Waals surface area contributed by atoms with Gasteiger partial charge in [-0.05, 0) is 23.8 Å². The number of benzene rings is 1. The van der Waals surface area contributed by atoms with Crippen LogP contribution in [0.5, 0.6) is 0 Å². The van der Waals surface area contributed by atoms with Gasteiger partial charge in [0.05, 0.1) is 11.6 Å². The summed E-state index contributed by atoms with van der Waals surface area (Å²) in [6.45, 7) is 0.0147. The van der Waals surface area contributed by atoms with Crippen molar-refractivity contribution < 1.29 is 18.0 Å². The molecule has 120 valence electrons. The van der Waals surface area contributed by atoms with Crippen molar-refractivity contribution in [2.24, 2.45) is 0 Å². The zero-order valence-electron chi connectivity index (χ0n) is 12.2. The van der Waals surface area contributed by atoms with E-state index >= 15 is 0 Å². The number of nitrogens with zero attached hydrogens (tertiary/aromatic N) is 4. The molecule has 1 heterocycles. The molecular weight excluding hydrogens is 309 g/mol. The van der Waals surface area contributed by atoms with Gasteiger partial charge in [0.1, 0.15) is 6.54 Å². The van der Waals surface area contributed by atoms with Crippen LogP contribution in [0.1, 0.15) is 16.8 Å². The predicted octanol–water partition coefficient (Wildman–Crippen LogP) is 2.43. The van der Waals surface area contributed by atoms with E-state index in [-0.39, 0.29) is 19.0 Å². The first-order chi connectivity index (χ1) is 10.8. The molecule has 5 nitrogen and oxygen atoms in total. The highest BCUT2D eigenvalue weighted by atomic mass is 19.4. The molecule has 0 bridgehead atoms. The highest BCUT2D eigenvalue weighted by molar-refractivity contribution is 5.75. The van der Waals surface area contributed by atoms with Gasteiger partial charge in [0.2, 0.25) is 5.91 Å². The van der Waals surface area contributed by atoms with Crippen LogP contribution in [0.3, 0.4) is 0 Å². The molecule has 23 heavy (non-hydrogen) atoms. The lowest BCUT2D eigenvalue weighted by atomic mass is 10.1. The molecular formula is C15H13F3N4O. The Balaban J connectivity index is 1.97. The second-order valence-electron chi connectivity index (χ2n) is 4.95. The van der Waals surface area contributed by atoms with Crippen molar-refractivity contribution in [2.75, 3.05) is 7.05 Å². The molecule has 0 aliphatic rings. The Labute approximate surface area is 130 Å². The first-order valence-electron chi connectivity index (χ1n) is 6.63. The minimum absolute atomic E-state index is 0.275. The largest absolute Gasteiger partial charge is 0.435 e. The van der Waals surface area contributed by atoms with Crippen molar-refractivity contribution in [3.05, 3.63) is 53.3 Å². The average molecular weight is 322 g/mol. The second kappa shape index (κ2) is 6.52. The number of carbonyl (C=O) groups is 1. The number of halogens is 3. The molecule has 0 saturated carbocycles. The van der Waals surface area contributed by atoms with E-state index in [4.69, 9.17) is 5.26 Å². The van der Waals surface area contributed by atoms with E-state index in [1.807, 2.05) is 6.07 Å². The lowest BCUT2D eigenvalue weighted by Gasteiger charge is -2.17. The molecule has 0 spiro atoms. The smallest absolute Gasteiger partial charge is 0.340 e. The highest BCUT2D eigenvalue weighted by Crippen LogP contribution is 2.27. The van der Waals surface area contributed by atoms with Gasteiger partial charge in [-0.2, -0.15) is 23.5 Å². The van der Waals surface area contributed by atoms with Gasteiger partial charge in [-0.25, -0.2) is 0 Å². The van der Waals surface area contributed by atoms with Crippen LogP contribution in [-0.2, 0) is 24.1 Å². The number of hydrogen-bond acceptors (Lipinski definition) is 3. The van der Waals surface area contributed by atoms with Crippen LogP contribution < -0.4 is 0 Å². The normalized spacial score (nSPS) is 11.1. The minimum Gasteiger partial charge on any atom is -0.340 e. The standard InChI is InChI=1S/C15H13F3N4O/c1-21(9-12-4-2-11(8-19)3-5-12)14(23)10-22-7-6-13(20-22)15(16,17)18/h2-7H,9-10H2,1H3. The molecule has 0 aliphatic carbocycles. The number of amides is 1. The van der Waals surface area contributed by atoms with Crippen molar-refractivity contribution in [1.82, 2.24) is 14.7 Å². The number of likely N-dealkylation sites (N-methyl/N-ethyl adjacent to an activating group) is 1. The molecule has 0 fully saturated rings. The van der Waals surface area contributed by atoms with Crippen molar-refractivity contribution in [3.8, 4) is 6.07 Å². The maximum absolute atomic E-state index is 12.5. The van der Waals surface area contributed by atoms with Crippen LogP contribution in [0, 0.1) is 11.3 Å². The fraction of sp³-hybridized carbons (Fsp3) is 0.267. The summed E-state index contributed by atoms with van der Waals surface area (Å²) in [5, 5.41) is 12.1. The summed E-state index contributed by atoms with van der Waals surface area (Å²) in [7, 11) is 1.55. The molecule has 0 radical (unpaired) electrons. The third kappa shape index (κ3) is 4.32. The van der Waals surface area contributed by atoms with Gasteiger partial charge in [-0.15, -0.1) is 0 Å². The van der Waals surface area contributed by atoms with Gasteiger partial charge in [0.25, 0.3) is 0 Å². The molecule has 1 aromatic carbocycles. The zero-order valence-corrected chi connectivity index (χ0v) is 12.2. The van der Waals surface area contributed by atoms with E-state index < -0.39 is 11.9 Å². The molecule has 2 rings (SSSR count). The molecule has 1 amide bonds. The summed E-state index contributed by atoms with van der Waals surface area (Å²) in [5.74, 6) is -0.369. The average Bonchev–Trinajstić information content (AvgIpc) is 2.96. The van der Waals surface area contributed by atoms with Crippen molar-refractivity contribution in [3.63, 3.8) is 0 Å². The Hall–Kier alpha value is -2.82. The summed E-state index contributed by atoms with van der Waals surface area (Å²) in [4.78, 5) is 13.4. The molecule has 0 N–H and O–H groups in total. The van der Waals surface area contributed by atoms with E-state index in [1.54, 1.807) is 31.3 Å². The van der Waals surface area contributed by atoms with E-state index in [1.165, 1.54) is 4.90 Å². The van der Waals surface area contributed by atoms with Crippen LogP contribution in [0.25, 0.3) is 0 Å². The summed E-state index contributed by atoms with van der Waals surface area (Å²) in [6, 6.07) is 9.53. The number of hydrogen-bond donors (Lipinski definition) is 0. The number of carbonyl (C=O) groups excluding carboxylic acids is 1. The number of rotatable bonds is 4. The second-order valence-corrected chi connectivity index (χ2v) is 4.95. The Morgan fingerprint density at radius 2 is 1.96 bits per heavy atom. The fourth-order valence-corrected chi connectivity index (χ4v) is 1.91. The monoisotopic (exact) mass is 322 g/mol. The van der Waals surface area contributed by atoms with Crippen molar-refractivity contribution in [2.45, 2.75) is 19.3 Å². The minimum atomic E-state index is -4.53. The number of nitriles is 1. The van der Waals surface area contributed by atoms with Crippen molar-refractivity contribution >= 4 is 5.91 Å². The van der Waals surface area contributed by atoms with Gasteiger partial charge in [0, 0.05) is 19.8 Å². The van der Waals surface area contributed by atoms with Crippen LogP contribution in [-0.4, -0.2) is 27.6 Å². The summed E-state index contributed by atoms with van der Waals surface area (Å²) in [6.07, 6.45) is -3.40. The maximum atomic E-state index is 12.5. The van der Waals surface area contributed by atoms with E-state index in [9.17, 15) is 18.0 Å². The van der Waals surface area contributed by atoms with Gasteiger partial charge < -0.3 is 4.90 Å². The molecule has 8 heteroatoms. The fourth-order valence-electron chi connectivity index (χ4n) is 1.91. The Morgan fingerprint density at radius 3 is 2.48 bits per heavy atom. The number of aromatic nitrogens is 2. The third-order valence-corrected chi connectivity index (χ3v) is 3.16. The van der Waals surface area contributed by atoms with E-state index in [0.29, 0.717) is 5.56 Å². The lowest BCUT2D eigenvalue weighted by molar-refractivity contribution is -0.142. The van der Waals surface area contributed by atoms with Crippen LogP contribution in [0.15, 0.2) is 36.5 Å². The molecule has 0 unspecified atom stereocenters. The predicted molar refractivity (Wildman–Crippen MR) is 74.9 cm³/mol. The highest BCUT2D eigenvalue weighted by Gasteiger charge is 2.33. The lowest BCUT2D eigenvalue weighted by Crippen LogP contribution is -2.30. The van der Waals surface area contributed by atoms with Gasteiger partial charge in [-0.3, -0.25) is 9.48 Å². The summed E-state index contributed by atoms with van der Waals surface area (Å²) < 4.78 is 38.3. The quantitative estimate of drug-likeness (QED) is 0.868. The molecule has 0 saturated heterocycles. The van der Waals surface area contributed by atoms with Gasteiger partial charge >= 0.3 is 6.18 Å².